The lowest BCUT2D eigenvalue weighted by Gasteiger charge is -2.10. The molecule has 0 fully saturated rings. The van der Waals surface area contributed by atoms with Crippen molar-refractivity contribution in [3.63, 3.8) is 0 Å². The molecule has 158 valence electrons. The van der Waals surface area contributed by atoms with Crippen LogP contribution in [-0.4, -0.2) is 28.4 Å². The smallest absolute Gasteiger partial charge is 0.339 e. The van der Waals surface area contributed by atoms with Crippen molar-refractivity contribution in [2.75, 3.05) is 6.61 Å². The van der Waals surface area contributed by atoms with Gasteiger partial charge >= 0.3 is 11.9 Å². The molecular formula is C20H20N2O8. The van der Waals surface area contributed by atoms with Crippen molar-refractivity contribution in [2.24, 2.45) is 0 Å². The Morgan fingerprint density at radius 3 is 1.90 bits per heavy atom. The van der Waals surface area contributed by atoms with Gasteiger partial charge in [-0.15, -0.1) is 0 Å². The number of nitro benzene ring substituents is 2. The fourth-order valence-corrected chi connectivity index (χ4v) is 2.66. The van der Waals surface area contributed by atoms with Crippen molar-refractivity contribution < 1.29 is 28.9 Å². The van der Waals surface area contributed by atoms with E-state index >= 15 is 0 Å². The lowest BCUT2D eigenvalue weighted by atomic mass is 10.1. The topological polar surface area (TPSA) is 139 Å². The Bertz CT molecular complexity index is 952. The van der Waals surface area contributed by atoms with Crippen LogP contribution in [0, 0.1) is 27.2 Å². The summed E-state index contributed by atoms with van der Waals surface area (Å²) in [4.78, 5) is 45.5. The zero-order valence-electron chi connectivity index (χ0n) is 16.5. The van der Waals surface area contributed by atoms with Crippen LogP contribution >= 0.6 is 0 Å². The monoisotopic (exact) mass is 416 g/mol. The predicted molar refractivity (Wildman–Crippen MR) is 105 cm³/mol. The number of esters is 2. The number of nitrogens with zero attached hydrogens (tertiary/aromatic N) is 2. The lowest BCUT2D eigenvalue weighted by Crippen LogP contribution is -2.14. The molecule has 0 radical (unpaired) electrons. The first-order valence-electron chi connectivity index (χ1n) is 9.11. The molecule has 0 unspecified atom stereocenters. The fourth-order valence-electron chi connectivity index (χ4n) is 2.66. The zero-order chi connectivity index (χ0) is 22.3. The molecule has 2 aromatic carbocycles. The van der Waals surface area contributed by atoms with Gasteiger partial charge in [-0.2, -0.15) is 0 Å². The van der Waals surface area contributed by atoms with E-state index in [0.29, 0.717) is 6.42 Å². The Kier molecular flexibility index (Phi) is 7.56. The first-order valence-corrected chi connectivity index (χ1v) is 9.11. The molecule has 0 heterocycles. The highest BCUT2D eigenvalue weighted by molar-refractivity contribution is 6.03. The number of hydrogen-bond acceptors (Lipinski definition) is 8. The van der Waals surface area contributed by atoms with E-state index in [0.717, 1.165) is 18.6 Å². The Balaban J connectivity index is 2.22. The maximum absolute atomic E-state index is 12.5. The average molecular weight is 416 g/mol. The molecule has 30 heavy (non-hydrogen) atoms. The molecule has 10 nitrogen and oxygen atoms in total. The summed E-state index contributed by atoms with van der Waals surface area (Å²) < 4.78 is 10.3. The molecule has 0 bridgehead atoms. The lowest BCUT2D eigenvalue weighted by molar-refractivity contribution is -0.395. The van der Waals surface area contributed by atoms with Crippen LogP contribution in [0.5, 0.6) is 0 Å². The highest BCUT2D eigenvalue weighted by Crippen LogP contribution is 2.29. The van der Waals surface area contributed by atoms with Gasteiger partial charge in [0.1, 0.15) is 12.2 Å². The van der Waals surface area contributed by atoms with E-state index in [1.807, 2.05) is 6.92 Å². The standard InChI is InChI=1S/C20H20N2O8/c1-3-4-9-29-19(23)15-7-5-6-8-16(15)20(24)30-12-14-10-17(21(25)26)13(2)18(11-14)22(27)28/h5-8,10-11H,3-4,9,12H2,1-2H3. The van der Waals surface area contributed by atoms with Crippen molar-refractivity contribution in [1.82, 2.24) is 0 Å². The SMILES string of the molecule is CCCCOC(=O)c1ccccc1C(=O)OCc1cc([N+](=O)[O-])c(C)c([N+](=O)[O-])c1. The van der Waals surface area contributed by atoms with Crippen LogP contribution in [0.3, 0.4) is 0 Å². The Morgan fingerprint density at radius 2 is 1.43 bits per heavy atom. The summed E-state index contributed by atoms with van der Waals surface area (Å²) in [5.74, 6) is -1.53. The number of hydrogen-bond donors (Lipinski definition) is 0. The van der Waals surface area contributed by atoms with Gasteiger partial charge in [-0.3, -0.25) is 20.2 Å². The van der Waals surface area contributed by atoms with E-state index in [1.54, 1.807) is 12.1 Å². The molecule has 2 rings (SSSR count). The predicted octanol–water partition coefficient (Wildman–Crippen LogP) is 4.13. The van der Waals surface area contributed by atoms with Crippen molar-refractivity contribution in [3.05, 3.63) is 78.9 Å². The highest BCUT2D eigenvalue weighted by Gasteiger charge is 2.24. The molecule has 0 amide bonds. The fraction of sp³-hybridized carbons (Fsp3) is 0.300. The molecule has 0 aromatic heterocycles. The van der Waals surface area contributed by atoms with Gasteiger partial charge in [0.15, 0.2) is 0 Å². The van der Waals surface area contributed by atoms with Crippen LogP contribution in [0.25, 0.3) is 0 Å². The van der Waals surface area contributed by atoms with Crippen LogP contribution in [0.4, 0.5) is 11.4 Å². The Morgan fingerprint density at radius 1 is 0.933 bits per heavy atom. The second-order valence-electron chi connectivity index (χ2n) is 6.38. The van der Waals surface area contributed by atoms with Crippen LogP contribution in [0.1, 0.15) is 51.6 Å². The van der Waals surface area contributed by atoms with E-state index < -0.39 is 39.8 Å². The van der Waals surface area contributed by atoms with Crippen molar-refractivity contribution in [3.8, 4) is 0 Å². The van der Waals surface area contributed by atoms with E-state index in [4.69, 9.17) is 9.47 Å². The average Bonchev–Trinajstić information content (AvgIpc) is 2.72. The third kappa shape index (κ3) is 5.37. The molecule has 0 saturated heterocycles. The Hall–Kier alpha value is -3.82. The van der Waals surface area contributed by atoms with E-state index in [9.17, 15) is 29.8 Å². The number of benzene rings is 2. The molecule has 0 N–H and O–H groups in total. The summed E-state index contributed by atoms with van der Waals surface area (Å²) in [5.41, 5.74) is -0.921. The summed E-state index contributed by atoms with van der Waals surface area (Å²) in [6, 6.07) is 8.15. The molecule has 0 aliphatic rings. The number of rotatable bonds is 9. The van der Waals surface area contributed by atoms with Gasteiger partial charge < -0.3 is 9.47 Å². The summed E-state index contributed by atoms with van der Waals surface area (Å²) >= 11 is 0. The summed E-state index contributed by atoms with van der Waals surface area (Å²) in [5, 5.41) is 22.3. The van der Waals surface area contributed by atoms with E-state index in [2.05, 4.69) is 0 Å². The number of nitro groups is 2. The van der Waals surface area contributed by atoms with Crippen molar-refractivity contribution in [2.45, 2.75) is 33.3 Å². The van der Waals surface area contributed by atoms with Crippen molar-refractivity contribution >= 4 is 23.3 Å². The number of ether oxygens (including phenoxy) is 2. The first kappa shape index (κ1) is 22.5. The summed E-state index contributed by atoms with van der Waals surface area (Å²) in [6.07, 6.45) is 1.52. The third-order valence-electron chi connectivity index (χ3n) is 4.27. The van der Waals surface area contributed by atoms with E-state index in [1.165, 1.54) is 19.1 Å². The minimum atomic E-state index is -0.857. The molecule has 0 saturated carbocycles. The number of unbranched alkanes of at least 4 members (excludes halogenated alkanes) is 1. The molecule has 2 aromatic rings. The normalized spacial score (nSPS) is 10.3. The molecule has 0 atom stereocenters. The minimum absolute atomic E-state index is 0.0273. The van der Waals surface area contributed by atoms with Gasteiger partial charge in [-0.05, 0) is 25.5 Å². The largest absolute Gasteiger partial charge is 0.462 e. The molecular weight excluding hydrogens is 396 g/mol. The number of carbonyl (C=O) groups excluding carboxylic acids is 2. The van der Waals surface area contributed by atoms with Crippen LogP contribution < -0.4 is 0 Å². The number of carbonyl (C=O) groups is 2. The molecule has 0 aliphatic carbocycles. The van der Waals surface area contributed by atoms with Crippen LogP contribution in [0.15, 0.2) is 36.4 Å². The summed E-state index contributed by atoms with van der Waals surface area (Å²) in [7, 11) is 0. The van der Waals surface area contributed by atoms with Gasteiger partial charge in [-0.1, -0.05) is 25.5 Å². The second-order valence-corrected chi connectivity index (χ2v) is 6.38. The van der Waals surface area contributed by atoms with Crippen LogP contribution in [0.2, 0.25) is 0 Å². The van der Waals surface area contributed by atoms with Gasteiger partial charge in [0.05, 0.1) is 27.6 Å². The minimum Gasteiger partial charge on any atom is -0.462 e. The van der Waals surface area contributed by atoms with Gasteiger partial charge in [0, 0.05) is 17.7 Å². The van der Waals surface area contributed by atoms with Gasteiger partial charge in [-0.25, -0.2) is 9.59 Å². The molecule has 0 aliphatic heterocycles. The maximum Gasteiger partial charge on any atom is 0.339 e. The molecule has 10 heteroatoms. The van der Waals surface area contributed by atoms with Gasteiger partial charge in [0.25, 0.3) is 11.4 Å². The molecule has 0 spiro atoms. The van der Waals surface area contributed by atoms with Crippen molar-refractivity contribution in [1.29, 1.82) is 0 Å². The zero-order valence-corrected chi connectivity index (χ0v) is 16.5. The first-order chi connectivity index (χ1) is 14.3. The third-order valence-corrected chi connectivity index (χ3v) is 4.27. The Labute approximate surface area is 171 Å². The summed E-state index contributed by atoms with van der Waals surface area (Å²) in [6.45, 7) is 2.99. The quantitative estimate of drug-likeness (QED) is 0.257. The highest BCUT2D eigenvalue weighted by atomic mass is 16.6. The van der Waals surface area contributed by atoms with Crippen LogP contribution in [-0.2, 0) is 16.1 Å². The van der Waals surface area contributed by atoms with E-state index in [-0.39, 0.29) is 28.9 Å². The van der Waals surface area contributed by atoms with Gasteiger partial charge in [0.2, 0.25) is 0 Å². The maximum atomic E-state index is 12.5. The second kappa shape index (κ2) is 10.1.